The van der Waals surface area contributed by atoms with E-state index in [2.05, 4.69) is 28.7 Å². The number of hydrogen-bond acceptors (Lipinski definition) is 3. The van der Waals surface area contributed by atoms with Crippen molar-refractivity contribution in [1.29, 1.82) is 0 Å². The number of benzene rings is 1. The average molecular weight is 319 g/mol. The number of hydrogen-bond donors (Lipinski definition) is 1. The number of aryl methyl sites for hydroxylation is 1. The summed E-state index contributed by atoms with van der Waals surface area (Å²) in [5.41, 5.74) is -0.0551. The van der Waals surface area contributed by atoms with Gasteiger partial charge in [-0.3, -0.25) is 4.79 Å². The minimum atomic E-state index is -0.585. The number of imidazole rings is 1. The van der Waals surface area contributed by atoms with Gasteiger partial charge in [-0.1, -0.05) is 19.9 Å². The van der Waals surface area contributed by atoms with Gasteiger partial charge in [-0.25, -0.2) is 9.37 Å². The first-order valence-electron chi connectivity index (χ1n) is 7.66. The second-order valence-electron chi connectivity index (χ2n) is 5.56. The monoisotopic (exact) mass is 319 g/mol. The highest BCUT2D eigenvalue weighted by atomic mass is 19.1. The summed E-state index contributed by atoms with van der Waals surface area (Å²) in [6.07, 6.45) is 4.44. The maximum absolute atomic E-state index is 13.8. The molecule has 0 saturated carbocycles. The zero-order valence-electron chi connectivity index (χ0n) is 13.7. The van der Waals surface area contributed by atoms with Gasteiger partial charge in [-0.15, -0.1) is 0 Å². The van der Waals surface area contributed by atoms with Crippen LogP contribution >= 0.6 is 0 Å². The van der Waals surface area contributed by atoms with E-state index in [4.69, 9.17) is 4.74 Å². The number of amides is 1. The number of aromatic nitrogens is 2. The highest BCUT2D eigenvalue weighted by Crippen LogP contribution is 2.20. The van der Waals surface area contributed by atoms with Gasteiger partial charge in [0.15, 0.2) is 0 Å². The van der Waals surface area contributed by atoms with Crippen molar-refractivity contribution >= 4 is 5.91 Å². The first-order valence-corrected chi connectivity index (χ1v) is 7.66. The molecule has 1 aromatic carbocycles. The van der Waals surface area contributed by atoms with Crippen LogP contribution in [-0.2, 0) is 6.54 Å². The molecule has 0 radical (unpaired) electrons. The lowest BCUT2D eigenvalue weighted by Gasteiger charge is -2.12. The Bertz CT molecular complexity index is 668. The minimum absolute atomic E-state index is 0.0551. The predicted octanol–water partition coefficient (Wildman–Crippen LogP) is 2.97. The van der Waals surface area contributed by atoms with Crippen molar-refractivity contribution in [2.24, 2.45) is 0 Å². The van der Waals surface area contributed by atoms with Crippen molar-refractivity contribution in [2.45, 2.75) is 32.7 Å². The number of halogens is 1. The molecule has 0 bridgehead atoms. The summed E-state index contributed by atoms with van der Waals surface area (Å²) in [7, 11) is 1.41. The summed E-state index contributed by atoms with van der Waals surface area (Å²) >= 11 is 0. The van der Waals surface area contributed by atoms with Crippen LogP contribution in [0.4, 0.5) is 4.39 Å². The Morgan fingerprint density at radius 1 is 1.43 bits per heavy atom. The zero-order valence-corrected chi connectivity index (χ0v) is 13.7. The molecule has 6 heteroatoms. The first-order chi connectivity index (χ1) is 11.0. The lowest BCUT2D eigenvalue weighted by molar-refractivity contribution is 0.0945. The summed E-state index contributed by atoms with van der Waals surface area (Å²) in [6, 6.07) is 4.33. The Morgan fingerprint density at radius 3 is 2.91 bits per heavy atom. The van der Waals surface area contributed by atoms with Gasteiger partial charge >= 0.3 is 0 Å². The quantitative estimate of drug-likeness (QED) is 0.798. The third-order valence-electron chi connectivity index (χ3n) is 3.55. The number of ether oxygens (including phenoxy) is 1. The van der Waals surface area contributed by atoms with Crippen LogP contribution in [0.5, 0.6) is 5.75 Å². The molecule has 124 valence electrons. The van der Waals surface area contributed by atoms with Gasteiger partial charge in [0.05, 0.1) is 7.11 Å². The smallest absolute Gasteiger partial charge is 0.258 e. The largest absolute Gasteiger partial charge is 0.496 e. The molecule has 1 heterocycles. The second kappa shape index (κ2) is 7.76. The molecular formula is C17H22FN3O2. The molecule has 0 aliphatic rings. The van der Waals surface area contributed by atoms with E-state index < -0.39 is 11.7 Å². The summed E-state index contributed by atoms with van der Waals surface area (Å²) in [5.74, 6) is 0.557. The number of nitrogens with one attached hydrogen (secondary N) is 1. The van der Waals surface area contributed by atoms with Crippen molar-refractivity contribution in [2.75, 3.05) is 13.7 Å². The molecule has 0 unspecified atom stereocenters. The molecule has 23 heavy (non-hydrogen) atoms. The lowest BCUT2D eigenvalue weighted by Crippen LogP contribution is -2.26. The van der Waals surface area contributed by atoms with E-state index in [1.165, 1.54) is 19.2 Å². The summed E-state index contributed by atoms with van der Waals surface area (Å²) in [5, 5.41) is 2.73. The highest BCUT2D eigenvalue weighted by molar-refractivity contribution is 5.97. The fourth-order valence-electron chi connectivity index (χ4n) is 2.45. The Balaban J connectivity index is 1.90. The second-order valence-corrected chi connectivity index (χ2v) is 5.56. The van der Waals surface area contributed by atoms with Crippen molar-refractivity contribution < 1.29 is 13.9 Å². The van der Waals surface area contributed by atoms with Crippen LogP contribution in [-0.4, -0.2) is 29.1 Å². The molecule has 2 aromatic rings. The van der Waals surface area contributed by atoms with Crippen molar-refractivity contribution in [3.8, 4) is 5.75 Å². The first kappa shape index (κ1) is 17.0. The van der Waals surface area contributed by atoms with Crippen LogP contribution in [0.3, 0.4) is 0 Å². The van der Waals surface area contributed by atoms with Crippen LogP contribution < -0.4 is 10.1 Å². The number of methoxy groups -OCH3 is 1. The molecule has 0 fully saturated rings. The van der Waals surface area contributed by atoms with E-state index in [0.29, 0.717) is 12.5 Å². The van der Waals surface area contributed by atoms with E-state index in [9.17, 15) is 9.18 Å². The molecule has 2 rings (SSSR count). The summed E-state index contributed by atoms with van der Waals surface area (Å²) in [6.45, 7) is 5.38. The SMILES string of the molecule is COc1cccc(F)c1C(=O)NCCCn1ccnc1C(C)C. The molecule has 1 N–H and O–H groups in total. The Labute approximate surface area is 135 Å². The average Bonchev–Trinajstić information content (AvgIpc) is 2.99. The molecule has 0 aliphatic carbocycles. The molecule has 1 aromatic heterocycles. The normalized spacial score (nSPS) is 10.8. The predicted molar refractivity (Wildman–Crippen MR) is 86.2 cm³/mol. The Kier molecular flexibility index (Phi) is 5.73. The number of nitrogens with zero attached hydrogens (tertiary/aromatic N) is 2. The van der Waals surface area contributed by atoms with Crippen LogP contribution in [0.15, 0.2) is 30.6 Å². The van der Waals surface area contributed by atoms with Crippen LogP contribution in [0.1, 0.15) is 42.4 Å². The molecule has 1 amide bonds. The van der Waals surface area contributed by atoms with E-state index in [-0.39, 0.29) is 11.3 Å². The molecule has 0 aliphatic heterocycles. The van der Waals surface area contributed by atoms with Gasteiger partial charge in [0, 0.05) is 31.4 Å². The standard InChI is InChI=1S/C17H22FN3O2/c1-12(2)16-19-9-11-21(16)10-5-8-20-17(22)15-13(18)6-4-7-14(15)23-3/h4,6-7,9,11-12H,5,8,10H2,1-3H3,(H,20,22). The summed E-state index contributed by atoms with van der Waals surface area (Å²) in [4.78, 5) is 16.5. The number of rotatable bonds is 7. The van der Waals surface area contributed by atoms with Gasteiger partial charge in [0.25, 0.3) is 5.91 Å². The number of carbonyl (C=O) groups is 1. The third kappa shape index (κ3) is 4.09. The molecule has 0 atom stereocenters. The molecule has 5 nitrogen and oxygen atoms in total. The Hall–Kier alpha value is -2.37. The Morgan fingerprint density at radius 2 is 2.22 bits per heavy atom. The van der Waals surface area contributed by atoms with E-state index in [1.54, 1.807) is 12.3 Å². The van der Waals surface area contributed by atoms with E-state index in [1.807, 2.05) is 6.20 Å². The van der Waals surface area contributed by atoms with Gasteiger partial charge in [-0.2, -0.15) is 0 Å². The van der Waals surface area contributed by atoms with E-state index >= 15 is 0 Å². The maximum Gasteiger partial charge on any atom is 0.258 e. The number of carbonyl (C=O) groups excluding carboxylic acids is 1. The van der Waals surface area contributed by atoms with E-state index in [0.717, 1.165) is 18.8 Å². The fourth-order valence-corrected chi connectivity index (χ4v) is 2.45. The van der Waals surface area contributed by atoms with Crippen molar-refractivity contribution in [1.82, 2.24) is 14.9 Å². The fraction of sp³-hybridized carbons (Fsp3) is 0.412. The van der Waals surface area contributed by atoms with Gasteiger partial charge < -0.3 is 14.6 Å². The van der Waals surface area contributed by atoms with Crippen molar-refractivity contribution in [3.05, 3.63) is 47.8 Å². The third-order valence-corrected chi connectivity index (χ3v) is 3.55. The van der Waals surface area contributed by atoms with Crippen molar-refractivity contribution in [3.63, 3.8) is 0 Å². The molecule has 0 spiro atoms. The maximum atomic E-state index is 13.8. The lowest BCUT2D eigenvalue weighted by atomic mass is 10.1. The van der Waals surface area contributed by atoms with Crippen LogP contribution in [0, 0.1) is 5.82 Å². The van der Waals surface area contributed by atoms with Gasteiger partial charge in [0.2, 0.25) is 0 Å². The highest BCUT2D eigenvalue weighted by Gasteiger charge is 2.17. The molecular weight excluding hydrogens is 297 g/mol. The topological polar surface area (TPSA) is 56.1 Å². The zero-order chi connectivity index (χ0) is 16.8. The van der Waals surface area contributed by atoms with Crippen LogP contribution in [0.25, 0.3) is 0 Å². The summed E-state index contributed by atoms with van der Waals surface area (Å²) < 4.78 is 20.9. The molecule has 0 saturated heterocycles. The minimum Gasteiger partial charge on any atom is -0.496 e. The van der Waals surface area contributed by atoms with Gasteiger partial charge in [-0.05, 0) is 18.6 Å². The van der Waals surface area contributed by atoms with Gasteiger partial charge in [0.1, 0.15) is 23.0 Å². The van der Waals surface area contributed by atoms with Crippen LogP contribution in [0.2, 0.25) is 0 Å².